The van der Waals surface area contributed by atoms with Crippen LogP contribution >= 0.6 is 11.8 Å². The van der Waals surface area contributed by atoms with Crippen molar-refractivity contribution < 1.29 is 9.59 Å². The van der Waals surface area contributed by atoms with E-state index in [4.69, 9.17) is 10.5 Å². The van der Waals surface area contributed by atoms with Gasteiger partial charge in [-0.2, -0.15) is 20.7 Å². The highest BCUT2D eigenvalue weighted by molar-refractivity contribution is 8.01. The Morgan fingerprint density at radius 1 is 0.818 bits per heavy atom. The first-order valence-corrected chi connectivity index (χ1v) is 11.0. The van der Waals surface area contributed by atoms with Gasteiger partial charge < -0.3 is 0 Å². The Morgan fingerprint density at radius 3 is 1.58 bits per heavy atom. The zero-order valence-electron chi connectivity index (χ0n) is 18.8. The maximum absolute atomic E-state index is 12.4. The van der Waals surface area contributed by atoms with Gasteiger partial charge in [0.1, 0.15) is 0 Å². The minimum absolute atomic E-state index is 0.344. The number of rotatable bonds is 8. The van der Waals surface area contributed by atoms with Crippen LogP contribution in [-0.2, 0) is 9.59 Å². The lowest BCUT2D eigenvalue weighted by molar-refractivity contribution is -0.120. The summed E-state index contributed by atoms with van der Waals surface area (Å²) < 4.78 is 0. The number of hydrogen-bond acceptors (Lipinski definition) is 7. The highest BCUT2D eigenvalue weighted by atomic mass is 32.2. The zero-order valence-corrected chi connectivity index (χ0v) is 19.6. The SMILES string of the molecule is C/C(=N/NC(=O)[C@H](C)S[C@@H](C)C(=O)N/N=C(/C)c1cccc(C#N)c1)c1cccc(C#N)c1. The van der Waals surface area contributed by atoms with Gasteiger partial charge >= 0.3 is 0 Å². The van der Waals surface area contributed by atoms with E-state index in [1.807, 2.05) is 0 Å². The predicted molar refractivity (Wildman–Crippen MR) is 130 cm³/mol. The standard InChI is InChI=1S/C24H24N6O2S/c1-15(21-9-5-7-19(11-21)13-25)27-29-23(31)17(3)33-18(4)24(32)30-28-16(2)22-10-6-8-20(12-22)14-26/h5-12,17-18H,1-4H3,(H,29,31)(H,30,32)/b27-15-,28-16-/t17-,18-/m0/s1. The third-order valence-corrected chi connectivity index (χ3v) is 5.88. The fraction of sp³-hybridized carbons (Fsp3) is 0.250. The Bertz CT molecular complexity index is 1080. The lowest BCUT2D eigenvalue weighted by Gasteiger charge is -2.15. The first-order chi connectivity index (χ1) is 15.7. The van der Waals surface area contributed by atoms with E-state index in [1.165, 1.54) is 11.8 Å². The van der Waals surface area contributed by atoms with Crippen LogP contribution in [0, 0.1) is 22.7 Å². The largest absolute Gasteiger partial charge is 0.272 e. The van der Waals surface area contributed by atoms with Gasteiger partial charge in [-0.25, -0.2) is 10.9 Å². The molecule has 2 atom stereocenters. The number of nitrogens with zero attached hydrogens (tertiary/aromatic N) is 4. The van der Waals surface area contributed by atoms with E-state index < -0.39 is 10.5 Å². The van der Waals surface area contributed by atoms with Gasteiger partial charge in [0.2, 0.25) is 0 Å². The number of carbonyl (C=O) groups is 2. The number of amides is 2. The van der Waals surface area contributed by atoms with Crippen molar-refractivity contribution in [2.75, 3.05) is 0 Å². The topological polar surface area (TPSA) is 130 Å². The lowest BCUT2D eigenvalue weighted by atomic mass is 10.1. The van der Waals surface area contributed by atoms with Gasteiger partial charge in [0.25, 0.3) is 11.8 Å². The minimum Gasteiger partial charge on any atom is -0.272 e. The molecule has 8 nitrogen and oxygen atoms in total. The van der Waals surface area contributed by atoms with E-state index in [9.17, 15) is 9.59 Å². The molecule has 0 aromatic heterocycles. The molecule has 168 valence electrons. The van der Waals surface area contributed by atoms with Gasteiger partial charge in [-0.3, -0.25) is 9.59 Å². The molecule has 0 saturated carbocycles. The molecule has 0 bridgehead atoms. The number of nitriles is 2. The van der Waals surface area contributed by atoms with Crippen molar-refractivity contribution in [2.45, 2.75) is 38.2 Å². The lowest BCUT2D eigenvalue weighted by Crippen LogP contribution is -2.33. The molecule has 0 radical (unpaired) electrons. The summed E-state index contributed by atoms with van der Waals surface area (Å²) in [6, 6.07) is 18.0. The van der Waals surface area contributed by atoms with Crippen molar-refractivity contribution in [1.82, 2.24) is 10.9 Å². The van der Waals surface area contributed by atoms with Gasteiger partial charge in [-0.05, 0) is 63.1 Å². The van der Waals surface area contributed by atoms with Crippen molar-refractivity contribution in [3.05, 3.63) is 70.8 Å². The smallest absolute Gasteiger partial charge is 0.252 e. The highest BCUT2D eigenvalue weighted by Crippen LogP contribution is 2.18. The normalized spacial score (nSPS) is 13.3. The van der Waals surface area contributed by atoms with Crippen LogP contribution in [0.15, 0.2) is 58.7 Å². The number of thioether (sulfide) groups is 1. The zero-order chi connectivity index (χ0) is 24.4. The van der Waals surface area contributed by atoms with Crippen LogP contribution in [0.5, 0.6) is 0 Å². The first kappa shape index (κ1) is 25.3. The van der Waals surface area contributed by atoms with E-state index in [-0.39, 0.29) is 11.8 Å². The van der Waals surface area contributed by atoms with E-state index in [0.717, 1.165) is 11.1 Å². The Morgan fingerprint density at radius 2 is 1.21 bits per heavy atom. The Hall–Kier alpha value is -3.95. The van der Waals surface area contributed by atoms with Gasteiger partial charge in [0.05, 0.1) is 45.2 Å². The summed E-state index contributed by atoms with van der Waals surface area (Å²) in [5.41, 5.74) is 8.62. The summed E-state index contributed by atoms with van der Waals surface area (Å²) in [4.78, 5) is 24.8. The number of hydrogen-bond donors (Lipinski definition) is 2. The molecule has 0 aliphatic heterocycles. The maximum Gasteiger partial charge on any atom is 0.252 e. The third kappa shape index (κ3) is 7.60. The number of benzene rings is 2. The fourth-order valence-corrected chi connectivity index (χ4v) is 3.61. The second kappa shape index (κ2) is 12.2. The fourth-order valence-electron chi connectivity index (χ4n) is 2.65. The summed E-state index contributed by atoms with van der Waals surface area (Å²) in [7, 11) is 0. The highest BCUT2D eigenvalue weighted by Gasteiger charge is 2.21. The number of hydrazone groups is 2. The molecule has 33 heavy (non-hydrogen) atoms. The average molecular weight is 461 g/mol. The summed E-state index contributed by atoms with van der Waals surface area (Å²) in [5.74, 6) is -0.688. The molecule has 2 rings (SSSR count). The third-order valence-electron chi connectivity index (χ3n) is 4.63. The summed E-state index contributed by atoms with van der Waals surface area (Å²) in [6.45, 7) is 6.84. The molecule has 0 fully saturated rings. The Balaban J connectivity index is 1.91. The molecule has 2 amide bonds. The monoisotopic (exact) mass is 460 g/mol. The van der Waals surface area contributed by atoms with Crippen molar-refractivity contribution in [3.63, 3.8) is 0 Å². The summed E-state index contributed by atoms with van der Waals surface area (Å²) >= 11 is 1.17. The quantitative estimate of drug-likeness (QED) is 0.461. The van der Waals surface area contributed by atoms with Crippen molar-refractivity contribution >= 4 is 35.0 Å². The van der Waals surface area contributed by atoms with Crippen molar-refractivity contribution in [3.8, 4) is 12.1 Å². The number of nitrogens with one attached hydrogen (secondary N) is 2. The van der Waals surface area contributed by atoms with Crippen LogP contribution in [0.2, 0.25) is 0 Å². The molecular weight excluding hydrogens is 436 g/mol. The van der Waals surface area contributed by atoms with E-state index in [0.29, 0.717) is 22.6 Å². The summed E-state index contributed by atoms with van der Waals surface area (Å²) in [6.07, 6.45) is 0. The van der Waals surface area contributed by atoms with Gasteiger partial charge in [-0.15, -0.1) is 11.8 Å². The molecular formula is C24H24N6O2S. The molecule has 0 heterocycles. The van der Waals surface area contributed by atoms with E-state index in [1.54, 1.807) is 76.2 Å². The first-order valence-electron chi connectivity index (χ1n) is 10.1. The van der Waals surface area contributed by atoms with E-state index in [2.05, 4.69) is 33.2 Å². The van der Waals surface area contributed by atoms with Gasteiger partial charge in [-0.1, -0.05) is 24.3 Å². The molecule has 0 saturated heterocycles. The Kier molecular flexibility index (Phi) is 9.34. The number of carbonyl (C=O) groups excluding carboxylic acids is 2. The van der Waals surface area contributed by atoms with Crippen LogP contribution in [0.25, 0.3) is 0 Å². The van der Waals surface area contributed by atoms with Gasteiger partial charge in [0, 0.05) is 0 Å². The average Bonchev–Trinajstić information content (AvgIpc) is 2.85. The molecule has 0 aliphatic carbocycles. The molecule has 2 N–H and O–H groups in total. The van der Waals surface area contributed by atoms with E-state index >= 15 is 0 Å². The summed E-state index contributed by atoms with van der Waals surface area (Å²) in [5, 5.41) is 25.1. The second-order valence-electron chi connectivity index (χ2n) is 7.15. The molecule has 0 unspecified atom stereocenters. The van der Waals surface area contributed by atoms with Crippen LogP contribution in [0.3, 0.4) is 0 Å². The van der Waals surface area contributed by atoms with Crippen LogP contribution in [0.1, 0.15) is 49.9 Å². The molecule has 2 aromatic carbocycles. The van der Waals surface area contributed by atoms with Crippen molar-refractivity contribution in [1.29, 1.82) is 10.5 Å². The van der Waals surface area contributed by atoms with Gasteiger partial charge in [0.15, 0.2) is 0 Å². The molecule has 9 heteroatoms. The van der Waals surface area contributed by atoms with Crippen LogP contribution in [0.4, 0.5) is 0 Å². The molecule has 0 aliphatic rings. The molecule has 2 aromatic rings. The van der Waals surface area contributed by atoms with Crippen molar-refractivity contribution in [2.24, 2.45) is 10.2 Å². The Labute approximate surface area is 197 Å². The minimum atomic E-state index is -0.537. The van der Waals surface area contributed by atoms with Crippen LogP contribution < -0.4 is 10.9 Å². The molecule has 0 spiro atoms. The maximum atomic E-state index is 12.4. The second-order valence-corrected chi connectivity index (χ2v) is 8.84. The van der Waals surface area contributed by atoms with Crippen LogP contribution in [-0.4, -0.2) is 33.7 Å². The predicted octanol–water partition coefficient (Wildman–Crippen LogP) is 3.32.